The highest BCUT2D eigenvalue weighted by atomic mass is 32.1. The highest BCUT2D eigenvalue weighted by Crippen LogP contribution is 2.18. The van der Waals surface area contributed by atoms with Gasteiger partial charge < -0.3 is 20.1 Å². The Morgan fingerprint density at radius 1 is 1.23 bits per heavy atom. The van der Waals surface area contributed by atoms with Gasteiger partial charge in [-0.3, -0.25) is 14.5 Å². The number of hydrogen-bond acceptors (Lipinski definition) is 8. The molecule has 31 heavy (non-hydrogen) atoms. The zero-order chi connectivity index (χ0) is 22.1. The van der Waals surface area contributed by atoms with Crippen LogP contribution in [0.4, 0.5) is 5.69 Å². The second-order valence-corrected chi connectivity index (χ2v) is 8.47. The van der Waals surface area contributed by atoms with Crippen LogP contribution in [0.5, 0.6) is 5.75 Å². The number of methoxy groups -OCH3 is 1. The van der Waals surface area contributed by atoms with Crippen LogP contribution in [0, 0.1) is 0 Å². The first-order valence-electron chi connectivity index (χ1n) is 10.4. The lowest BCUT2D eigenvalue weighted by Crippen LogP contribution is -2.43. The molecule has 0 bridgehead atoms. The highest BCUT2D eigenvalue weighted by molar-refractivity contribution is 7.13. The number of anilines is 1. The molecule has 10 heteroatoms. The van der Waals surface area contributed by atoms with E-state index in [0.29, 0.717) is 29.0 Å². The maximum Gasteiger partial charge on any atom is 0.286 e. The SMILES string of the molecule is COc1ccc(NC(=O)c2nnc(COCC(=O)NCCN3CCCC[C@H]3C)s2)cc1. The maximum absolute atomic E-state index is 12.3. The number of ether oxygens (including phenoxy) is 2. The summed E-state index contributed by atoms with van der Waals surface area (Å²) < 4.78 is 10.5. The van der Waals surface area contributed by atoms with Crippen molar-refractivity contribution in [3.05, 3.63) is 34.3 Å². The number of benzene rings is 1. The zero-order valence-electron chi connectivity index (χ0n) is 17.9. The molecule has 1 aromatic carbocycles. The normalized spacial score (nSPS) is 16.6. The summed E-state index contributed by atoms with van der Waals surface area (Å²) in [6.07, 6.45) is 3.73. The van der Waals surface area contributed by atoms with Crippen molar-refractivity contribution >= 4 is 28.8 Å². The van der Waals surface area contributed by atoms with Crippen LogP contribution in [0.3, 0.4) is 0 Å². The monoisotopic (exact) mass is 447 g/mol. The minimum Gasteiger partial charge on any atom is -0.497 e. The Balaban J connectivity index is 1.34. The van der Waals surface area contributed by atoms with E-state index in [1.165, 1.54) is 19.3 Å². The smallest absolute Gasteiger partial charge is 0.286 e. The summed E-state index contributed by atoms with van der Waals surface area (Å²) in [5.41, 5.74) is 0.634. The third kappa shape index (κ3) is 7.27. The van der Waals surface area contributed by atoms with Crippen molar-refractivity contribution in [2.24, 2.45) is 0 Å². The third-order valence-corrected chi connectivity index (χ3v) is 6.02. The molecule has 0 saturated carbocycles. The minimum absolute atomic E-state index is 0.0531. The van der Waals surface area contributed by atoms with Crippen LogP contribution in [0.25, 0.3) is 0 Å². The Kier molecular flexibility index (Phi) is 8.74. The number of amides is 2. The van der Waals surface area contributed by atoms with Crippen LogP contribution >= 0.6 is 11.3 Å². The van der Waals surface area contributed by atoms with Crippen molar-refractivity contribution in [3.63, 3.8) is 0 Å². The predicted molar refractivity (Wildman–Crippen MR) is 118 cm³/mol. The predicted octanol–water partition coefficient (Wildman–Crippen LogP) is 2.31. The van der Waals surface area contributed by atoms with Crippen molar-refractivity contribution in [1.29, 1.82) is 0 Å². The number of carbonyl (C=O) groups is 2. The van der Waals surface area contributed by atoms with Crippen molar-refractivity contribution in [2.75, 3.05) is 38.7 Å². The molecule has 0 unspecified atom stereocenters. The van der Waals surface area contributed by atoms with E-state index < -0.39 is 0 Å². The fraction of sp³-hybridized carbons (Fsp3) is 0.524. The first-order valence-corrected chi connectivity index (χ1v) is 11.2. The summed E-state index contributed by atoms with van der Waals surface area (Å²) in [6, 6.07) is 7.58. The van der Waals surface area contributed by atoms with Crippen LogP contribution in [0.15, 0.2) is 24.3 Å². The van der Waals surface area contributed by atoms with Crippen molar-refractivity contribution < 1.29 is 19.1 Å². The number of nitrogens with one attached hydrogen (secondary N) is 2. The van der Waals surface area contributed by atoms with Crippen LogP contribution in [0.2, 0.25) is 0 Å². The Labute approximate surface area is 186 Å². The Morgan fingerprint density at radius 2 is 2.03 bits per heavy atom. The van der Waals surface area contributed by atoms with Crippen molar-refractivity contribution in [2.45, 2.75) is 38.8 Å². The van der Waals surface area contributed by atoms with Crippen LogP contribution in [-0.2, 0) is 16.1 Å². The molecule has 1 aliphatic heterocycles. The fourth-order valence-corrected chi connectivity index (χ4v) is 4.05. The van der Waals surface area contributed by atoms with E-state index in [1.54, 1.807) is 31.4 Å². The molecule has 2 heterocycles. The number of hydrogen-bond donors (Lipinski definition) is 2. The minimum atomic E-state index is -0.349. The number of likely N-dealkylation sites (tertiary alicyclic amines) is 1. The summed E-state index contributed by atoms with van der Waals surface area (Å²) in [5, 5.41) is 14.3. The first-order chi connectivity index (χ1) is 15.0. The van der Waals surface area contributed by atoms with E-state index in [-0.39, 0.29) is 30.0 Å². The summed E-state index contributed by atoms with van der Waals surface area (Å²) in [6.45, 7) is 4.88. The standard InChI is InChI=1S/C21H29N5O4S/c1-15-5-3-4-11-26(15)12-10-22-18(27)13-30-14-19-24-25-21(31-19)20(28)23-16-6-8-17(29-2)9-7-16/h6-9,15H,3-5,10-14H2,1-2H3,(H,22,27)(H,23,28)/t15-/m1/s1. The van der Waals surface area contributed by atoms with E-state index in [0.717, 1.165) is 24.4 Å². The molecule has 1 aromatic heterocycles. The van der Waals surface area contributed by atoms with E-state index >= 15 is 0 Å². The van der Waals surface area contributed by atoms with Gasteiger partial charge in [0.1, 0.15) is 24.0 Å². The van der Waals surface area contributed by atoms with Gasteiger partial charge in [-0.05, 0) is 50.6 Å². The first kappa shape index (κ1) is 23.1. The molecular weight excluding hydrogens is 418 g/mol. The van der Waals surface area contributed by atoms with E-state index in [2.05, 4.69) is 32.7 Å². The lowest BCUT2D eigenvalue weighted by atomic mass is 10.0. The van der Waals surface area contributed by atoms with Gasteiger partial charge in [0.2, 0.25) is 10.9 Å². The zero-order valence-corrected chi connectivity index (χ0v) is 18.7. The molecule has 0 spiro atoms. The number of piperidine rings is 1. The second-order valence-electron chi connectivity index (χ2n) is 7.41. The average molecular weight is 448 g/mol. The van der Waals surface area contributed by atoms with E-state index in [9.17, 15) is 9.59 Å². The molecule has 2 aromatic rings. The van der Waals surface area contributed by atoms with Gasteiger partial charge in [-0.25, -0.2) is 0 Å². The quantitative estimate of drug-likeness (QED) is 0.576. The summed E-state index contributed by atoms with van der Waals surface area (Å²) in [4.78, 5) is 26.7. The molecular formula is C21H29N5O4S. The summed E-state index contributed by atoms with van der Waals surface area (Å²) >= 11 is 1.13. The van der Waals surface area contributed by atoms with Gasteiger partial charge in [0.25, 0.3) is 5.91 Å². The van der Waals surface area contributed by atoms with Crippen molar-refractivity contribution in [3.8, 4) is 5.75 Å². The van der Waals surface area contributed by atoms with E-state index in [1.807, 2.05) is 0 Å². The Morgan fingerprint density at radius 3 is 2.77 bits per heavy atom. The summed E-state index contributed by atoms with van der Waals surface area (Å²) in [5.74, 6) is 0.198. The van der Waals surface area contributed by atoms with Gasteiger partial charge in [-0.1, -0.05) is 17.8 Å². The molecule has 0 radical (unpaired) electrons. The molecule has 1 atom stereocenters. The number of rotatable bonds is 10. The number of nitrogens with zero attached hydrogens (tertiary/aromatic N) is 3. The molecule has 1 aliphatic rings. The third-order valence-electron chi connectivity index (χ3n) is 5.13. The number of carbonyl (C=O) groups excluding carboxylic acids is 2. The van der Waals surface area contributed by atoms with Gasteiger partial charge in [0.15, 0.2) is 0 Å². The number of aromatic nitrogens is 2. The molecule has 1 saturated heterocycles. The van der Waals surface area contributed by atoms with Gasteiger partial charge in [0.05, 0.1) is 7.11 Å². The molecule has 9 nitrogen and oxygen atoms in total. The average Bonchev–Trinajstić information content (AvgIpc) is 3.25. The van der Waals surface area contributed by atoms with Gasteiger partial charge in [-0.2, -0.15) is 0 Å². The lowest BCUT2D eigenvalue weighted by molar-refractivity contribution is -0.126. The highest BCUT2D eigenvalue weighted by Gasteiger charge is 2.18. The fourth-order valence-electron chi connectivity index (χ4n) is 3.37. The van der Waals surface area contributed by atoms with Gasteiger partial charge in [-0.15, -0.1) is 10.2 Å². The van der Waals surface area contributed by atoms with Gasteiger partial charge >= 0.3 is 0 Å². The molecule has 3 rings (SSSR count). The molecule has 0 aliphatic carbocycles. The molecule has 2 amide bonds. The summed E-state index contributed by atoms with van der Waals surface area (Å²) in [7, 11) is 1.58. The van der Waals surface area contributed by atoms with Crippen LogP contribution in [-0.4, -0.2) is 66.3 Å². The van der Waals surface area contributed by atoms with Gasteiger partial charge in [0, 0.05) is 24.8 Å². The lowest BCUT2D eigenvalue weighted by Gasteiger charge is -2.33. The molecule has 2 N–H and O–H groups in total. The maximum atomic E-state index is 12.3. The van der Waals surface area contributed by atoms with Crippen molar-refractivity contribution in [1.82, 2.24) is 20.4 Å². The Hall–Kier alpha value is -2.56. The largest absolute Gasteiger partial charge is 0.497 e. The molecule has 1 fully saturated rings. The van der Waals surface area contributed by atoms with E-state index in [4.69, 9.17) is 9.47 Å². The van der Waals surface area contributed by atoms with Crippen LogP contribution < -0.4 is 15.4 Å². The second kappa shape index (κ2) is 11.7. The Bertz CT molecular complexity index is 858. The van der Waals surface area contributed by atoms with Crippen LogP contribution in [0.1, 0.15) is 41.0 Å². The topological polar surface area (TPSA) is 106 Å². The molecule has 168 valence electrons.